The number of carbonyl (C=O) groups excluding carboxylic acids is 1. The van der Waals surface area contributed by atoms with Crippen LogP contribution in [0.1, 0.15) is 17.5 Å². The van der Waals surface area contributed by atoms with Gasteiger partial charge >= 0.3 is 12.0 Å². The van der Waals surface area contributed by atoms with Gasteiger partial charge in [0.2, 0.25) is 0 Å². The molecule has 0 radical (unpaired) electrons. The van der Waals surface area contributed by atoms with Gasteiger partial charge < -0.3 is 15.7 Å². The monoisotopic (exact) mass is 308 g/mol. The number of carbonyl (C=O) groups is 2. The Balaban J connectivity index is 2.49. The fraction of sp³-hybridized carbons (Fsp3) is 0.333. The van der Waals surface area contributed by atoms with Crippen LogP contribution in [0.25, 0.3) is 6.08 Å². The molecule has 0 aromatic heterocycles. The van der Waals surface area contributed by atoms with Crippen LogP contribution in [0.15, 0.2) is 30.5 Å². The van der Waals surface area contributed by atoms with E-state index in [9.17, 15) is 9.59 Å². The third-order valence-corrected chi connectivity index (χ3v) is 3.52. The molecule has 21 heavy (non-hydrogen) atoms. The smallest absolute Gasteiger partial charge is 0.326 e. The zero-order chi connectivity index (χ0) is 15.7. The van der Waals surface area contributed by atoms with E-state index in [0.29, 0.717) is 12.2 Å². The standard InChI is InChI=1S/C15H20N2O3S/c1-11-5-3-4-6-12(11)7-9-16-15(20)17-13(14(18)19)8-10-21-2/h3-7,9,13H,8,10H2,1-2H3,(H,18,19)(H2,16,17,20)/b9-7+. The second-order valence-corrected chi connectivity index (χ2v) is 5.47. The predicted octanol–water partition coefficient (Wildman–Crippen LogP) is 2.47. The van der Waals surface area contributed by atoms with Crippen LogP contribution in [0.3, 0.4) is 0 Å². The summed E-state index contributed by atoms with van der Waals surface area (Å²) in [4.78, 5) is 22.7. The number of hydrogen-bond donors (Lipinski definition) is 3. The molecule has 1 rings (SSSR count). The number of amides is 2. The van der Waals surface area contributed by atoms with Crippen LogP contribution in [0.5, 0.6) is 0 Å². The molecule has 1 aromatic carbocycles. The summed E-state index contributed by atoms with van der Waals surface area (Å²) in [5.74, 6) is -0.349. The summed E-state index contributed by atoms with van der Waals surface area (Å²) in [5, 5.41) is 14.0. The summed E-state index contributed by atoms with van der Waals surface area (Å²) in [7, 11) is 0. The summed E-state index contributed by atoms with van der Waals surface area (Å²) in [6.45, 7) is 1.97. The zero-order valence-electron chi connectivity index (χ0n) is 12.1. The molecule has 1 unspecified atom stereocenters. The van der Waals surface area contributed by atoms with E-state index < -0.39 is 18.0 Å². The fourth-order valence-electron chi connectivity index (χ4n) is 1.67. The molecule has 0 heterocycles. The average Bonchev–Trinajstić information content (AvgIpc) is 2.45. The minimum atomic E-state index is -1.03. The van der Waals surface area contributed by atoms with Gasteiger partial charge in [0.25, 0.3) is 0 Å². The van der Waals surface area contributed by atoms with E-state index in [0.717, 1.165) is 11.1 Å². The van der Waals surface area contributed by atoms with Crippen LogP contribution in [-0.2, 0) is 4.79 Å². The fourth-order valence-corrected chi connectivity index (χ4v) is 2.15. The second kappa shape index (κ2) is 9.07. The Morgan fingerprint density at radius 2 is 2.10 bits per heavy atom. The van der Waals surface area contributed by atoms with E-state index >= 15 is 0 Å². The molecule has 3 N–H and O–H groups in total. The van der Waals surface area contributed by atoms with Crippen LogP contribution >= 0.6 is 11.8 Å². The molecule has 0 spiro atoms. The number of aliphatic carboxylic acids is 1. The Morgan fingerprint density at radius 1 is 1.38 bits per heavy atom. The molecule has 0 saturated carbocycles. The van der Waals surface area contributed by atoms with Gasteiger partial charge in [0, 0.05) is 6.20 Å². The van der Waals surface area contributed by atoms with Gasteiger partial charge in [0.1, 0.15) is 6.04 Å². The predicted molar refractivity (Wildman–Crippen MR) is 86.3 cm³/mol. The highest BCUT2D eigenvalue weighted by atomic mass is 32.2. The first kappa shape index (κ1) is 17.1. The van der Waals surface area contributed by atoms with Crippen LogP contribution in [0.4, 0.5) is 4.79 Å². The van der Waals surface area contributed by atoms with E-state index in [2.05, 4.69) is 10.6 Å². The number of hydrogen-bond acceptors (Lipinski definition) is 3. The highest BCUT2D eigenvalue weighted by Gasteiger charge is 2.18. The quantitative estimate of drug-likeness (QED) is 0.723. The minimum absolute atomic E-state index is 0.394. The Kier molecular flexibility index (Phi) is 7.39. The Hall–Kier alpha value is -1.95. The molecule has 0 fully saturated rings. The van der Waals surface area contributed by atoms with Crippen molar-refractivity contribution in [3.63, 3.8) is 0 Å². The number of aryl methyl sites for hydroxylation is 1. The topological polar surface area (TPSA) is 78.4 Å². The highest BCUT2D eigenvalue weighted by Crippen LogP contribution is 2.08. The van der Waals surface area contributed by atoms with E-state index in [1.165, 1.54) is 6.20 Å². The van der Waals surface area contributed by atoms with E-state index in [4.69, 9.17) is 5.11 Å². The number of nitrogens with one attached hydrogen (secondary N) is 2. The van der Waals surface area contributed by atoms with E-state index in [1.54, 1.807) is 17.8 Å². The largest absolute Gasteiger partial charge is 0.480 e. The van der Waals surface area contributed by atoms with E-state index in [1.807, 2.05) is 37.4 Å². The number of thioether (sulfide) groups is 1. The van der Waals surface area contributed by atoms with Gasteiger partial charge in [0.15, 0.2) is 0 Å². The number of benzene rings is 1. The number of carboxylic acids is 1. The Labute approximate surface area is 128 Å². The highest BCUT2D eigenvalue weighted by molar-refractivity contribution is 7.98. The molecule has 0 aliphatic heterocycles. The number of carboxylic acid groups (broad SMARTS) is 1. The van der Waals surface area contributed by atoms with Crippen molar-refractivity contribution in [2.24, 2.45) is 0 Å². The lowest BCUT2D eigenvalue weighted by Crippen LogP contribution is -2.44. The molecule has 6 heteroatoms. The normalized spacial score (nSPS) is 12.1. The molecular formula is C15H20N2O3S. The zero-order valence-corrected chi connectivity index (χ0v) is 12.9. The summed E-state index contributed by atoms with van der Waals surface area (Å²) >= 11 is 1.54. The lowest BCUT2D eigenvalue weighted by molar-refractivity contribution is -0.139. The maximum Gasteiger partial charge on any atom is 0.326 e. The number of rotatable bonds is 7. The van der Waals surface area contributed by atoms with Crippen molar-refractivity contribution in [1.82, 2.24) is 10.6 Å². The molecule has 0 aliphatic carbocycles. The minimum Gasteiger partial charge on any atom is -0.480 e. The van der Waals surface area contributed by atoms with Crippen LogP contribution in [-0.4, -0.2) is 35.2 Å². The lowest BCUT2D eigenvalue weighted by atomic mass is 10.1. The summed E-state index contributed by atoms with van der Waals surface area (Å²) < 4.78 is 0. The maximum absolute atomic E-state index is 11.7. The molecule has 1 aromatic rings. The molecule has 114 valence electrons. The molecule has 0 bridgehead atoms. The van der Waals surface area contributed by atoms with Crippen LogP contribution in [0, 0.1) is 6.92 Å². The van der Waals surface area contributed by atoms with Crippen LogP contribution < -0.4 is 10.6 Å². The summed E-state index contributed by atoms with van der Waals surface area (Å²) in [5.41, 5.74) is 2.09. The van der Waals surface area contributed by atoms with Crippen molar-refractivity contribution in [3.8, 4) is 0 Å². The lowest BCUT2D eigenvalue weighted by Gasteiger charge is -2.13. The molecular weight excluding hydrogens is 288 g/mol. The maximum atomic E-state index is 11.7. The van der Waals surface area contributed by atoms with Crippen molar-refractivity contribution < 1.29 is 14.7 Å². The van der Waals surface area contributed by atoms with Crippen molar-refractivity contribution >= 4 is 29.8 Å². The van der Waals surface area contributed by atoms with Gasteiger partial charge in [-0.05, 0) is 42.6 Å². The third kappa shape index (κ3) is 6.35. The first-order valence-electron chi connectivity index (χ1n) is 6.55. The third-order valence-electron chi connectivity index (χ3n) is 2.88. The van der Waals surface area contributed by atoms with Gasteiger partial charge in [-0.1, -0.05) is 24.3 Å². The van der Waals surface area contributed by atoms with Gasteiger partial charge in [0.05, 0.1) is 0 Å². The van der Waals surface area contributed by atoms with Gasteiger partial charge in [-0.25, -0.2) is 9.59 Å². The van der Waals surface area contributed by atoms with Gasteiger partial charge in [-0.3, -0.25) is 0 Å². The Bertz CT molecular complexity index is 517. The van der Waals surface area contributed by atoms with Gasteiger partial charge in [-0.15, -0.1) is 0 Å². The van der Waals surface area contributed by atoms with E-state index in [-0.39, 0.29) is 0 Å². The second-order valence-electron chi connectivity index (χ2n) is 4.48. The van der Waals surface area contributed by atoms with Crippen LogP contribution in [0.2, 0.25) is 0 Å². The molecule has 0 saturated heterocycles. The van der Waals surface area contributed by atoms with Crippen molar-refractivity contribution in [1.29, 1.82) is 0 Å². The molecule has 0 aliphatic rings. The summed E-state index contributed by atoms with van der Waals surface area (Å²) in [6.07, 6.45) is 5.56. The first-order chi connectivity index (χ1) is 10.0. The van der Waals surface area contributed by atoms with Crippen molar-refractivity contribution in [2.45, 2.75) is 19.4 Å². The molecule has 5 nitrogen and oxygen atoms in total. The van der Waals surface area contributed by atoms with Crippen molar-refractivity contribution in [3.05, 3.63) is 41.6 Å². The van der Waals surface area contributed by atoms with Gasteiger partial charge in [-0.2, -0.15) is 11.8 Å². The SMILES string of the molecule is CSCCC(NC(=O)N/C=C/c1ccccc1C)C(=O)O. The number of urea groups is 1. The average molecular weight is 308 g/mol. The molecule has 2 amide bonds. The Morgan fingerprint density at radius 3 is 2.71 bits per heavy atom. The van der Waals surface area contributed by atoms with Crippen molar-refractivity contribution in [2.75, 3.05) is 12.0 Å². The summed E-state index contributed by atoms with van der Waals surface area (Å²) in [6, 6.07) is 6.37. The first-order valence-corrected chi connectivity index (χ1v) is 7.95. The molecule has 1 atom stereocenters.